The van der Waals surface area contributed by atoms with Crippen LogP contribution in [-0.2, 0) is 9.53 Å². The topological polar surface area (TPSA) is 80.8 Å². The number of ether oxygens (including phenoxy) is 1. The predicted octanol–water partition coefficient (Wildman–Crippen LogP) is 4.31. The molecule has 0 unspecified atom stereocenters. The van der Waals surface area contributed by atoms with Crippen LogP contribution in [0.5, 0.6) is 0 Å². The minimum absolute atomic E-state index is 0.0714. The highest BCUT2D eigenvalue weighted by Gasteiger charge is 2.26. The number of amides is 1. The Hall–Kier alpha value is -2.07. The first-order valence-corrected chi connectivity index (χ1v) is 10.8. The summed E-state index contributed by atoms with van der Waals surface area (Å²) in [6, 6.07) is 3.52. The van der Waals surface area contributed by atoms with E-state index in [1.54, 1.807) is 24.5 Å². The van der Waals surface area contributed by atoms with Crippen molar-refractivity contribution in [1.82, 2.24) is 9.88 Å². The number of methoxy groups -OCH3 is 1. The van der Waals surface area contributed by atoms with Crippen molar-refractivity contribution in [1.29, 1.82) is 0 Å². The molecule has 0 bridgehead atoms. The Bertz CT molecular complexity index is 697. The van der Waals surface area contributed by atoms with Crippen LogP contribution in [0.4, 0.5) is 18.9 Å². The highest BCUT2D eigenvalue weighted by atomic mass is 32.2. The van der Waals surface area contributed by atoms with Gasteiger partial charge in [-0.25, -0.2) is 0 Å². The molecule has 0 radical (unpaired) electrons. The quantitative estimate of drug-likeness (QED) is 0.361. The highest BCUT2D eigenvalue weighted by Crippen LogP contribution is 2.22. The molecule has 0 atom stereocenters. The van der Waals surface area contributed by atoms with Crippen molar-refractivity contribution in [3.63, 3.8) is 0 Å². The molecule has 168 valence electrons. The summed E-state index contributed by atoms with van der Waals surface area (Å²) in [4.78, 5) is 22.7. The molecule has 0 saturated heterocycles. The number of carbonyl (C=O) groups is 1. The van der Waals surface area contributed by atoms with Crippen molar-refractivity contribution in [3.05, 3.63) is 35.9 Å². The second-order valence-corrected chi connectivity index (χ2v) is 7.62. The van der Waals surface area contributed by atoms with Gasteiger partial charge in [0.15, 0.2) is 0 Å². The van der Waals surface area contributed by atoms with E-state index in [1.165, 1.54) is 18.2 Å². The average molecular weight is 447 g/mol. The fourth-order valence-electron chi connectivity index (χ4n) is 2.44. The van der Waals surface area contributed by atoms with Crippen molar-refractivity contribution in [3.8, 4) is 0 Å². The zero-order chi connectivity index (χ0) is 22.4. The molecule has 6 nitrogen and oxygen atoms in total. The maximum atomic E-state index is 12.8. The maximum absolute atomic E-state index is 12.8. The van der Waals surface area contributed by atoms with E-state index in [9.17, 15) is 18.0 Å². The van der Waals surface area contributed by atoms with Gasteiger partial charge in [-0.15, -0.1) is 0 Å². The molecule has 0 spiro atoms. The van der Waals surface area contributed by atoms with E-state index in [0.29, 0.717) is 29.3 Å². The van der Waals surface area contributed by atoms with Crippen LogP contribution in [0.25, 0.3) is 0 Å². The molecule has 0 fully saturated rings. The van der Waals surface area contributed by atoms with E-state index in [-0.39, 0.29) is 31.2 Å². The van der Waals surface area contributed by atoms with Crippen LogP contribution in [0.1, 0.15) is 32.6 Å². The molecule has 0 aliphatic carbocycles. The number of aromatic nitrogens is 1. The van der Waals surface area contributed by atoms with E-state index in [0.717, 1.165) is 18.2 Å². The zero-order valence-electron chi connectivity index (χ0n) is 17.3. The number of thioether (sulfide) groups is 1. The van der Waals surface area contributed by atoms with Gasteiger partial charge in [-0.1, -0.05) is 13.3 Å². The van der Waals surface area contributed by atoms with E-state index in [1.807, 2.05) is 6.92 Å². The number of hydrogen-bond donors (Lipinski definition) is 1. The van der Waals surface area contributed by atoms with Crippen LogP contribution >= 0.6 is 11.8 Å². The van der Waals surface area contributed by atoms with Gasteiger partial charge in [-0.05, 0) is 18.6 Å². The Morgan fingerprint density at radius 1 is 1.37 bits per heavy atom. The molecule has 2 N–H and O–H groups in total. The summed E-state index contributed by atoms with van der Waals surface area (Å²) in [7, 11) is 1.53. The van der Waals surface area contributed by atoms with Crippen LogP contribution in [0, 0.1) is 0 Å². The van der Waals surface area contributed by atoms with Crippen molar-refractivity contribution in [2.45, 2.75) is 38.8 Å². The third kappa shape index (κ3) is 10.6. The second-order valence-electron chi connectivity index (χ2n) is 6.40. The second kappa shape index (κ2) is 14.0. The van der Waals surface area contributed by atoms with Gasteiger partial charge >= 0.3 is 6.18 Å². The van der Waals surface area contributed by atoms with E-state index in [4.69, 9.17) is 10.5 Å². The Morgan fingerprint density at radius 2 is 2.13 bits per heavy atom. The van der Waals surface area contributed by atoms with Crippen LogP contribution in [0.2, 0.25) is 0 Å². The minimum Gasteiger partial charge on any atom is -0.400 e. The van der Waals surface area contributed by atoms with Gasteiger partial charge in [0.05, 0.1) is 36.8 Å². The first kappa shape index (κ1) is 26.0. The van der Waals surface area contributed by atoms with Crippen molar-refractivity contribution >= 4 is 29.6 Å². The lowest BCUT2D eigenvalue weighted by Crippen LogP contribution is -2.36. The van der Waals surface area contributed by atoms with Crippen molar-refractivity contribution < 1.29 is 22.7 Å². The van der Waals surface area contributed by atoms with Gasteiger partial charge in [0.2, 0.25) is 5.91 Å². The van der Waals surface area contributed by atoms with Crippen LogP contribution in [0.15, 0.2) is 40.9 Å². The van der Waals surface area contributed by atoms with Crippen LogP contribution in [-0.4, -0.2) is 59.9 Å². The number of aliphatic imine (C=N–C) groups is 1. The third-order valence-corrected chi connectivity index (χ3v) is 4.92. The number of allylic oxidation sites excluding steroid dienone is 2. The Labute approximate surface area is 179 Å². The first-order valence-electron chi connectivity index (χ1n) is 9.65. The summed E-state index contributed by atoms with van der Waals surface area (Å²) < 4.78 is 41.9. The Kier molecular flexibility index (Phi) is 12.1. The molecule has 30 heavy (non-hydrogen) atoms. The first-order chi connectivity index (χ1) is 14.3. The van der Waals surface area contributed by atoms with Crippen molar-refractivity contribution in [2.24, 2.45) is 10.7 Å². The molecule has 1 rings (SSSR count). The molecule has 0 aliphatic rings. The molecule has 0 saturated carbocycles. The number of rotatable bonds is 13. The van der Waals surface area contributed by atoms with Gasteiger partial charge in [-0.2, -0.15) is 24.9 Å². The molecular formula is C20H29F3N4O2S. The summed E-state index contributed by atoms with van der Waals surface area (Å²) in [6.45, 7) is 2.53. The summed E-state index contributed by atoms with van der Waals surface area (Å²) >= 11 is 1.10. The summed E-state index contributed by atoms with van der Waals surface area (Å²) in [5.41, 5.74) is 7.84. The number of hydrogen-bond acceptors (Lipinski definition) is 6. The van der Waals surface area contributed by atoms with Crippen LogP contribution in [0.3, 0.4) is 0 Å². The molecule has 1 heterocycles. The van der Waals surface area contributed by atoms with Gasteiger partial charge in [0.1, 0.15) is 0 Å². The molecule has 1 aromatic rings. The van der Waals surface area contributed by atoms with Gasteiger partial charge in [0.25, 0.3) is 0 Å². The fraction of sp³-hybridized carbons (Fsp3) is 0.550. The summed E-state index contributed by atoms with van der Waals surface area (Å²) in [5, 5.41) is 0. The number of carbonyl (C=O) groups excluding carboxylic acids is 1. The van der Waals surface area contributed by atoms with E-state index in [2.05, 4.69) is 9.98 Å². The predicted molar refractivity (Wildman–Crippen MR) is 115 cm³/mol. The third-order valence-electron chi connectivity index (χ3n) is 3.93. The normalized spacial score (nSPS) is 12.8. The maximum Gasteiger partial charge on any atom is 0.389 e. The molecule has 10 heteroatoms. The number of nitrogens with zero attached hydrogens (tertiary/aromatic N) is 3. The SMILES string of the molecule is CCC/C(N)=C(/C=Nc1cccnc1)N(CCOC)C(=O)CCSCCC(F)(F)F. The fourth-order valence-corrected chi connectivity index (χ4v) is 3.33. The molecule has 1 aromatic heterocycles. The zero-order valence-corrected chi connectivity index (χ0v) is 18.1. The Balaban J connectivity index is 2.92. The lowest BCUT2D eigenvalue weighted by molar-refractivity contribution is -0.129. The standard InChI is InChI=1S/C20H29F3N4O2S/c1-3-5-17(24)18(15-26-16-6-4-9-25-14-16)27(10-11-29-2)19(28)7-12-30-13-8-20(21,22)23/h4,6,9,14-15H,3,5,7-8,10-13,24H2,1-2H3/b18-17+,26-15?. The molecule has 1 amide bonds. The highest BCUT2D eigenvalue weighted by molar-refractivity contribution is 7.99. The number of halogens is 3. The molecule has 0 aliphatic heterocycles. The molecule has 0 aromatic carbocycles. The van der Waals surface area contributed by atoms with E-state index < -0.39 is 12.6 Å². The smallest absolute Gasteiger partial charge is 0.389 e. The van der Waals surface area contributed by atoms with Crippen LogP contribution < -0.4 is 5.73 Å². The van der Waals surface area contributed by atoms with Crippen molar-refractivity contribution in [2.75, 3.05) is 31.8 Å². The summed E-state index contributed by atoms with van der Waals surface area (Å²) in [6.07, 6.45) is 1.15. The van der Waals surface area contributed by atoms with E-state index >= 15 is 0 Å². The van der Waals surface area contributed by atoms with Gasteiger partial charge in [0, 0.05) is 43.5 Å². The number of pyridine rings is 1. The summed E-state index contributed by atoms with van der Waals surface area (Å²) in [5.74, 6) is -0.0184. The number of alkyl halides is 3. The minimum atomic E-state index is -4.19. The average Bonchev–Trinajstić information content (AvgIpc) is 2.70. The lowest BCUT2D eigenvalue weighted by Gasteiger charge is -2.25. The number of nitrogens with two attached hydrogens (primary N) is 1. The largest absolute Gasteiger partial charge is 0.400 e. The van der Waals surface area contributed by atoms with Gasteiger partial charge in [-0.3, -0.25) is 14.8 Å². The molecular weight excluding hydrogens is 417 g/mol. The monoisotopic (exact) mass is 446 g/mol. The lowest BCUT2D eigenvalue weighted by atomic mass is 10.2. The van der Waals surface area contributed by atoms with Gasteiger partial charge < -0.3 is 15.4 Å². The Morgan fingerprint density at radius 3 is 2.73 bits per heavy atom.